The van der Waals surface area contributed by atoms with Gasteiger partial charge in [-0.05, 0) is 62.7 Å². The molecule has 1 aliphatic rings. The molecule has 1 atom stereocenters. The molecule has 6 nitrogen and oxygen atoms in total. The summed E-state index contributed by atoms with van der Waals surface area (Å²) in [6.45, 7) is 6.31. The molecule has 2 N–H and O–H groups in total. The van der Waals surface area contributed by atoms with Crippen molar-refractivity contribution in [2.24, 2.45) is 4.99 Å². The zero-order valence-electron chi connectivity index (χ0n) is 16.9. The summed E-state index contributed by atoms with van der Waals surface area (Å²) in [6, 6.07) is 14.0. The minimum atomic E-state index is 0. The second-order valence-corrected chi connectivity index (χ2v) is 7.02. The summed E-state index contributed by atoms with van der Waals surface area (Å²) in [5, 5.41) is 15.8. The molecular weight excluding hydrogens is 477 g/mol. The van der Waals surface area contributed by atoms with Gasteiger partial charge in [0.25, 0.3) is 0 Å². The third kappa shape index (κ3) is 7.05. The average Bonchev–Trinajstić information content (AvgIpc) is 3.27. The highest BCUT2D eigenvalue weighted by Crippen LogP contribution is 2.24. The van der Waals surface area contributed by atoms with E-state index in [-0.39, 0.29) is 30.0 Å². The Balaban J connectivity index is 0.00000300. The molecule has 1 aliphatic heterocycles. The quantitative estimate of drug-likeness (QED) is 0.336. The van der Waals surface area contributed by atoms with Gasteiger partial charge in [0.1, 0.15) is 5.76 Å². The number of hydrogen-bond acceptors (Lipinski definition) is 4. The minimum absolute atomic E-state index is 0. The molecule has 0 amide bonds. The number of nitrogens with one attached hydrogen (secondary N) is 2. The topological polar surface area (TPSA) is 76.6 Å². The van der Waals surface area contributed by atoms with Crippen LogP contribution in [0.5, 0.6) is 0 Å². The van der Waals surface area contributed by atoms with E-state index in [4.69, 9.17) is 14.7 Å². The van der Waals surface area contributed by atoms with Gasteiger partial charge in [0.2, 0.25) is 0 Å². The van der Waals surface area contributed by atoms with Gasteiger partial charge in [-0.1, -0.05) is 18.6 Å². The van der Waals surface area contributed by atoms with Gasteiger partial charge in [-0.25, -0.2) is 4.99 Å². The minimum Gasteiger partial charge on any atom is -0.468 e. The Bertz CT molecular complexity index is 794. The van der Waals surface area contributed by atoms with Crippen molar-refractivity contribution in [2.45, 2.75) is 38.8 Å². The molecule has 1 aromatic heterocycles. The van der Waals surface area contributed by atoms with Crippen LogP contribution in [0.2, 0.25) is 0 Å². The van der Waals surface area contributed by atoms with E-state index in [0.29, 0.717) is 12.1 Å². The Labute approximate surface area is 190 Å². The molecule has 2 aromatic rings. The molecule has 3 rings (SSSR count). The van der Waals surface area contributed by atoms with Crippen molar-refractivity contribution >= 4 is 29.9 Å². The second-order valence-electron chi connectivity index (χ2n) is 7.02. The van der Waals surface area contributed by atoms with Crippen LogP contribution in [0.3, 0.4) is 0 Å². The molecule has 156 valence electrons. The first-order valence-electron chi connectivity index (χ1n) is 10.1. The lowest BCUT2D eigenvalue weighted by Crippen LogP contribution is -2.44. The second kappa shape index (κ2) is 12.5. The van der Waals surface area contributed by atoms with Crippen molar-refractivity contribution in [3.05, 3.63) is 59.5 Å². The number of guanidine groups is 1. The monoisotopic (exact) mass is 507 g/mol. The lowest BCUT2D eigenvalue weighted by atomic mass is 10.1. The molecule has 0 spiro atoms. The van der Waals surface area contributed by atoms with Gasteiger partial charge in [0.05, 0.1) is 30.5 Å². The van der Waals surface area contributed by atoms with E-state index in [1.54, 1.807) is 6.26 Å². The van der Waals surface area contributed by atoms with Crippen LogP contribution in [-0.2, 0) is 6.54 Å². The highest BCUT2D eigenvalue weighted by molar-refractivity contribution is 14.0. The van der Waals surface area contributed by atoms with Crippen molar-refractivity contribution < 1.29 is 4.42 Å². The molecule has 1 saturated heterocycles. The summed E-state index contributed by atoms with van der Waals surface area (Å²) in [6.07, 6.45) is 5.52. The number of nitrogens with zero attached hydrogens (tertiary/aromatic N) is 3. The van der Waals surface area contributed by atoms with Gasteiger partial charge in [-0.3, -0.25) is 4.90 Å². The SMILES string of the molecule is CCNC(=NCc1cccc(C#N)c1)NCC(c1ccco1)N1CCCCC1.I. The van der Waals surface area contributed by atoms with E-state index in [0.717, 1.165) is 43.5 Å². The van der Waals surface area contributed by atoms with Crippen molar-refractivity contribution in [1.29, 1.82) is 5.26 Å². The maximum Gasteiger partial charge on any atom is 0.191 e. The molecule has 1 fully saturated rings. The van der Waals surface area contributed by atoms with Crippen LogP contribution in [0, 0.1) is 11.3 Å². The highest BCUT2D eigenvalue weighted by Gasteiger charge is 2.24. The third-order valence-electron chi connectivity index (χ3n) is 4.99. The van der Waals surface area contributed by atoms with E-state index in [1.807, 2.05) is 30.3 Å². The summed E-state index contributed by atoms with van der Waals surface area (Å²) >= 11 is 0. The van der Waals surface area contributed by atoms with Gasteiger partial charge in [-0.15, -0.1) is 24.0 Å². The molecule has 0 radical (unpaired) electrons. The zero-order valence-corrected chi connectivity index (χ0v) is 19.3. The van der Waals surface area contributed by atoms with Crippen LogP contribution in [0.25, 0.3) is 0 Å². The summed E-state index contributed by atoms with van der Waals surface area (Å²) in [7, 11) is 0. The van der Waals surface area contributed by atoms with Crippen LogP contribution in [0.1, 0.15) is 49.1 Å². The van der Waals surface area contributed by atoms with Gasteiger partial charge in [0.15, 0.2) is 5.96 Å². The molecule has 1 aromatic carbocycles. The van der Waals surface area contributed by atoms with E-state index in [9.17, 15) is 0 Å². The zero-order chi connectivity index (χ0) is 19.6. The molecule has 0 saturated carbocycles. The van der Waals surface area contributed by atoms with Gasteiger partial charge >= 0.3 is 0 Å². The van der Waals surface area contributed by atoms with Crippen molar-refractivity contribution in [2.75, 3.05) is 26.2 Å². The molecule has 0 bridgehead atoms. The van der Waals surface area contributed by atoms with E-state index < -0.39 is 0 Å². The summed E-state index contributed by atoms with van der Waals surface area (Å²) in [4.78, 5) is 7.19. The van der Waals surface area contributed by atoms with E-state index >= 15 is 0 Å². The Morgan fingerprint density at radius 2 is 2.03 bits per heavy atom. The molecule has 29 heavy (non-hydrogen) atoms. The van der Waals surface area contributed by atoms with Crippen LogP contribution >= 0.6 is 24.0 Å². The maximum atomic E-state index is 9.06. The van der Waals surface area contributed by atoms with E-state index in [1.165, 1.54) is 19.3 Å². The predicted molar refractivity (Wildman–Crippen MR) is 126 cm³/mol. The molecule has 7 heteroatoms. The van der Waals surface area contributed by atoms with Gasteiger partial charge in [0, 0.05) is 13.1 Å². The predicted octanol–water partition coefficient (Wildman–Crippen LogP) is 4.05. The maximum absolute atomic E-state index is 9.06. The molecule has 2 heterocycles. The lowest BCUT2D eigenvalue weighted by molar-refractivity contribution is 0.146. The highest BCUT2D eigenvalue weighted by atomic mass is 127. The van der Waals surface area contributed by atoms with Crippen LogP contribution in [0.4, 0.5) is 0 Å². The normalized spacial score (nSPS) is 15.8. The van der Waals surface area contributed by atoms with Crippen LogP contribution < -0.4 is 10.6 Å². The standard InChI is InChI=1S/C22H29N5O.HI/c1-2-24-22(25-16-19-9-6-8-18(14-19)15-23)26-17-20(21-10-7-13-28-21)27-11-4-3-5-12-27;/h6-10,13-14,20H,2-5,11-12,16-17H2,1H3,(H2,24,25,26);1H. The first kappa shape index (κ1) is 23.2. The molecule has 1 unspecified atom stereocenters. The van der Waals surface area contributed by atoms with Crippen molar-refractivity contribution in [3.63, 3.8) is 0 Å². The number of benzene rings is 1. The Kier molecular flexibility index (Phi) is 10.0. The Morgan fingerprint density at radius 3 is 2.72 bits per heavy atom. The number of nitriles is 1. The average molecular weight is 507 g/mol. The fourth-order valence-electron chi connectivity index (χ4n) is 3.57. The third-order valence-corrected chi connectivity index (χ3v) is 4.99. The Hall–Kier alpha value is -2.05. The number of halogens is 1. The van der Waals surface area contributed by atoms with Crippen LogP contribution in [0.15, 0.2) is 52.1 Å². The first-order valence-corrected chi connectivity index (χ1v) is 10.1. The van der Waals surface area contributed by atoms with Crippen LogP contribution in [-0.4, -0.2) is 37.0 Å². The number of likely N-dealkylation sites (tertiary alicyclic amines) is 1. The van der Waals surface area contributed by atoms with Gasteiger partial charge < -0.3 is 15.1 Å². The summed E-state index contributed by atoms with van der Waals surface area (Å²) in [5.41, 5.74) is 1.68. The van der Waals surface area contributed by atoms with Crippen molar-refractivity contribution in [1.82, 2.24) is 15.5 Å². The smallest absolute Gasteiger partial charge is 0.191 e. The summed E-state index contributed by atoms with van der Waals surface area (Å²) in [5.74, 6) is 1.77. The fraction of sp³-hybridized carbons (Fsp3) is 0.455. The number of aliphatic imine (C=N–C) groups is 1. The summed E-state index contributed by atoms with van der Waals surface area (Å²) < 4.78 is 5.72. The first-order chi connectivity index (χ1) is 13.8. The number of piperidine rings is 1. The largest absolute Gasteiger partial charge is 0.468 e. The van der Waals surface area contributed by atoms with Gasteiger partial charge in [-0.2, -0.15) is 5.26 Å². The molecular formula is C22H30IN5O. The van der Waals surface area contributed by atoms with E-state index in [2.05, 4.69) is 34.6 Å². The Morgan fingerprint density at radius 1 is 1.21 bits per heavy atom. The number of hydrogen-bond donors (Lipinski definition) is 2. The number of furan rings is 1. The van der Waals surface area contributed by atoms with Crippen molar-refractivity contribution in [3.8, 4) is 6.07 Å². The fourth-order valence-corrected chi connectivity index (χ4v) is 3.57. The lowest BCUT2D eigenvalue weighted by Gasteiger charge is -2.33. The molecule has 0 aliphatic carbocycles. The number of rotatable bonds is 7.